The first-order valence-corrected chi connectivity index (χ1v) is 7.32. The number of hydrogen-bond acceptors (Lipinski definition) is 4. The van der Waals surface area contributed by atoms with Gasteiger partial charge in [-0.3, -0.25) is 9.37 Å². The summed E-state index contributed by atoms with van der Waals surface area (Å²) >= 11 is 0. The summed E-state index contributed by atoms with van der Waals surface area (Å²) in [6, 6.07) is 7.37. The Labute approximate surface area is 143 Å². The largest absolute Gasteiger partial charge is 0.435 e. The van der Waals surface area contributed by atoms with Crippen LogP contribution in [0.5, 0.6) is 5.75 Å². The molecule has 1 aromatic carbocycles. The summed E-state index contributed by atoms with van der Waals surface area (Å²) in [5, 5.41) is 9.32. The van der Waals surface area contributed by atoms with Crippen molar-refractivity contribution >= 4 is 17.8 Å². The number of carbonyl (C=O) groups is 2. The molecule has 0 radical (unpaired) electrons. The molecular weight excluding hydrogens is 334 g/mol. The normalized spacial score (nSPS) is 20.0. The summed E-state index contributed by atoms with van der Waals surface area (Å²) in [6.07, 6.45) is 0. The molecule has 1 heterocycles. The van der Waals surface area contributed by atoms with Crippen molar-refractivity contribution < 1.29 is 27.7 Å². The van der Waals surface area contributed by atoms with Crippen LogP contribution in [0.15, 0.2) is 24.3 Å². The number of amides is 3. The minimum Gasteiger partial charge on any atom is -0.435 e. The fourth-order valence-electron chi connectivity index (χ4n) is 2.64. The minimum absolute atomic E-state index is 0.0331. The molecule has 0 aromatic heterocycles. The highest BCUT2D eigenvalue weighted by molar-refractivity contribution is 6.17. The molecule has 0 aliphatic carbocycles. The van der Waals surface area contributed by atoms with Crippen LogP contribution in [0.3, 0.4) is 0 Å². The third kappa shape index (κ3) is 3.74. The number of halogens is 2. The Kier molecular flexibility index (Phi) is 5.32. The van der Waals surface area contributed by atoms with E-state index in [0.29, 0.717) is 0 Å². The lowest BCUT2D eigenvalue weighted by atomic mass is 10.0. The molecule has 0 bridgehead atoms. The number of amidine groups is 1. The monoisotopic (exact) mass is 351 g/mol. The minimum atomic E-state index is -2.90. The average Bonchev–Trinajstić information content (AvgIpc) is 2.57. The predicted molar refractivity (Wildman–Crippen MR) is 83.0 cm³/mol. The van der Waals surface area contributed by atoms with E-state index in [1.807, 2.05) is 6.07 Å². The molecule has 132 valence electrons. The van der Waals surface area contributed by atoms with Gasteiger partial charge >= 0.3 is 12.6 Å². The van der Waals surface area contributed by atoms with Crippen molar-refractivity contribution in [1.29, 1.82) is 5.26 Å². The van der Waals surface area contributed by atoms with E-state index in [-0.39, 0.29) is 18.1 Å². The van der Waals surface area contributed by atoms with Crippen LogP contribution in [0, 0.1) is 17.2 Å². The second-order valence-corrected chi connectivity index (χ2v) is 5.54. The van der Waals surface area contributed by atoms with Crippen molar-refractivity contribution in [2.75, 3.05) is 21.1 Å². The molecule has 1 fully saturated rings. The number of urea groups is 1. The van der Waals surface area contributed by atoms with Crippen LogP contribution in [0.2, 0.25) is 0 Å². The number of nitriles is 1. The molecule has 9 heteroatoms. The molecule has 1 aliphatic rings. The first kappa shape index (κ1) is 18.3. The zero-order chi connectivity index (χ0) is 18.7. The van der Waals surface area contributed by atoms with Crippen molar-refractivity contribution in [2.45, 2.75) is 13.2 Å². The third-order valence-electron chi connectivity index (χ3n) is 3.84. The van der Waals surface area contributed by atoms with Gasteiger partial charge in [-0.1, -0.05) is 12.1 Å². The van der Waals surface area contributed by atoms with Gasteiger partial charge in [-0.05, 0) is 17.7 Å². The van der Waals surface area contributed by atoms with Gasteiger partial charge in [0.2, 0.25) is 5.92 Å². The first-order chi connectivity index (χ1) is 11.8. The van der Waals surface area contributed by atoms with Crippen molar-refractivity contribution in [2.24, 2.45) is 5.92 Å². The summed E-state index contributed by atoms with van der Waals surface area (Å²) in [7, 11) is 4.46. The van der Waals surface area contributed by atoms with Crippen molar-refractivity contribution in [1.82, 2.24) is 9.80 Å². The quantitative estimate of drug-likeness (QED) is 0.770. The highest BCUT2D eigenvalue weighted by Gasteiger charge is 2.47. The Morgan fingerprint density at radius 3 is 2.36 bits per heavy atom. The van der Waals surface area contributed by atoms with Gasteiger partial charge in [-0.25, -0.2) is 9.69 Å². The van der Waals surface area contributed by atoms with E-state index in [0.717, 1.165) is 10.5 Å². The number of rotatable bonds is 4. The maximum Gasteiger partial charge on any atom is 0.417 e. The molecule has 2 rings (SSSR count). The first-order valence-electron chi connectivity index (χ1n) is 7.32. The number of ether oxygens (including phenoxy) is 1. The summed E-state index contributed by atoms with van der Waals surface area (Å²) in [5.74, 6) is -1.39. The molecule has 1 unspecified atom stereocenters. The van der Waals surface area contributed by atoms with Crippen LogP contribution in [0.25, 0.3) is 0 Å². The molecule has 3 amide bonds. The topological polar surface area (TPSA) is 76.7 Å². The lowest BCUT2D eigenvalue weighted by molar-refractivity contribution is -0.520. The van der Waals surface area contributed by atoms with Crippen LogP contribution in [-0.2, 0) is 11.3 Å². The van der Waals surface area contributed by atoms with Gasteiger partial charge in [0.15, 0.2) is 0 Å². The highest BCUT2D eigenvalue weighted by Crippen LogP contribution is 2.18. The molecule has 1 aromatic rings. The van der Waals surface area contributed by atoms with Crippen LogP contribution >= 0.6 is 0 Å². The summed E-state index contributed by atoms with van der Waals surface area (Å²) in [4.78, 5) is 26.4. The van der Waals surface area contributed by atoms with E-state index in [9.17, 15) is 23.6 Å². The maximum absolute atomic E-state index is 12.2. The zero-order valence-electron chi connectivity index (χ0n) is 13.9. The average molecular weight is 351 g/mol. The SMILES string of the molecule is CN1C(=O)C(C#N)C(=[N+](C)Cc2ccc(OC(F)F)cc2)N(C)C1=O. The Hall–Kier alpha value is -3.02. The number of benzene rings is 1. The number of carbonyl (C=O) groups excluding carboxylic acids is 2. The number of imide groups is 1. The van der Waals surface area contributed by atoms with Crippen LogP contribution in [-0.4, -0.2) is 59.9 Å². The van der Waals surface area contributed by atoms with Gasteiger partial charge in [0, 0.05) is 7.05 Å². The number of nitrogens with zero attached hydrogens (tertiary/aromatic N) is 4. The summed E-state index contributed by atoms with van der Waals surface area (Å²) in [5.41, 5.74) is 0.737. The van der Waals surface area contributed by atoms with Gasteiger partial charge in [0.05, 0.1) is 20.2 Å². The second kappa shape index (κ2) is 7.25. The van der Waals surface area contributed by atoms with E-state index in [4.69, 9.17) is 0 Å². The van der Waals surface area contributed by atoms with Crippen molar-refractivity contribution in [3.8, 4) is 11.8 Å². The molecule has 1 aliphatic heterocycles. The maximum atomic E-state index is 12.2. The van der Waals surface area contributed by atoms with Crippen LogP contribution < -0.4 is 4.74 Å². The van der Waals surface area contributed by atoms with Crippen molar-refractivity contribution in [3.63, 3.8) is 0 Å². The van der Waals surface area contributed by atoms with E-state index in [1.165, 1.54) is 31.1 Å². The fraction of sp³-hybridized carbons (Fsp3) is 0.375. The van der Waals surface area contributed by atoms with Crippen LogP contribution in [0.4, 0.5) is 13.6 Å². The Morgan fingerprint density at radius 1 is 1.24 bits per heavy atom. The lowest BCUT2D eigenvalue weighted by Crippen LogP contribution is -2.58. The molecule has 1 atom stereocenters. The Bertz CT molecular complexity index is 756. The summed E-state index contributed by atoms with van der Waals surface area (Å²) < 4.78 is 30.2. The predicted octanol–water partition coefficient (Wildman–Crippen LogP) is 1.49. The van der Waals surface area contributed by atoms with Gasteiger partial charge in [0.1, 0.15) is 12.3 Å². The molecule has 0 spiro atoms. The highest BCUT2D eigenvalue weighted by atomic mass is 19.3. The van der Waals surface area contributed by atoms with Gasteiger partial charge < -0.3 is 4.74 Å². The fourth-order valence-corrected chi connectivity index (χ4v) is 2.64. The molecule has 0 N–H and O–H groups in total. The smallest absolute Gasteiger partial charge is 0.417 e. The van der Waals surface area contributed by atoms with Crippen LogP contribution in [0.1, 0.15) is 5.56 Å². The molecule has 0 saturated carbocycles. The zero-order valence-corrected chi connectivity index (χ0v) is 13.9. The van der Waals surface area contributed by atoms with E-state index < -0.39 is 24.5 Å². The third-order valence-corrected chi connectivity index (χ3v) is 3.84. The lowest BCUT2D eigenvalue weighted by Gasteiger charge is -2.28. The Balaban J connectivity index is 2.29. The van der Waals surface area contributed by atoms with Gasteiger partial charge in [0.25, 0.3) is 11.7 Å². The van der Waals surface area contributed by atoms with E-state index >= 15 is 0 Å². The van der Waals surface area contributed by atoms with Crippen molar-refractivity contribution in [3.05, 3.63) is 29.8 Å². The molecule has 25 heavy (non-hydrogen) atoms. The standard InChI is InChI=1S/C16H17F2N4O3/c1-20(9-10-4-6-11(7-5-10)25-15(17)18)13-12(8-19)14(23)22(3)16(24)21(13)2/h4-7,12,15H,9H2,1-3H3/q+1. The summed E-state index contributed by atoms with van der Waals surface area (Å²) in [6.45, 7) is -2.62. The van der Waals surface area contributed by atoms with Gasteiger partial charge in [-0.15, -0.1) is 0 Å². The molecule has 1 saturated heterocycles. The second-order valence-electron chi connectivity index (χ2n) is 5.54. The van der Waals surface area contributed by atoms with E-state index in [1.54, 1.807) is 23.8 Å². The molecule has 7 nitrogen and oxygen atoms in total. The number of alkyl halides is 2. The Morgan fingerprint density at radius 2 is 1.84 bits per heavy atom. The van der Waals surface area contributed by atoms with Gasteiger partial charge in [-0.2, -0.15) is 18.9 Å². The number of hydrogen-bond donors (Lipinski definition) is 0. The molecular formula is C16H17F2N4O3+. The van der Waals surface area contributed by atoms with E-state index in [2.05, 4.69) is 4.74 Å².